The Kier molecular flexibility index (Phi) is 4.29. The highest BCUT2D eigenvalue weighted by Gasteiger charge is 2.33. The number of aromatic nitrogens is 2. The van der Waals surface area contributed by atoms with Crippen LogP contribution in [0.4, 0.5) is 0 Å². The van der Waals surface area contributed by atoms with Crippen molar-refractivity contribution in [1.29, 1.82) is 0 Å². The number of carbonyl (C=O) groups is 1. The lowest BCUT2D eigenvalue weighted by atomic mass is 9.89. The third-order valence-electron chi connectivity index (χ3n) is 5.42. The largest absolute Gasteiger partial charge is 0.466 e. The molecule has 0 spiro atoms. The lowest BCUT2D eigenvalue weighted by molar-refractivity contribution is 0.0491. The molecular weight excluding hydrogens is 342 g/mol. The second-order valence-electron chi connectivity index (χ2n) is 7.72. The Morgan fingerprint density at radius 2 is 1.96 bits per heavy atom. The predicted molar refractivity (Wildman–Crippen MR) is 103 cm³/mol. The van der Waals surface area contributed by atoms with Gasteiger partial charge in [-0.1, -0.05) is 5.16 Å². The molecule has 0 saturated heterocycles. The zero-order chi connectivity index (χ0) is 19.3. The average Bonchev–Trinajstić information content (AvgIpc) is 3.11. The number of fused-ring (bicyclic) bond motifs is 1. The SMILES string of the molecule is Cc1cc(-c2cc(C(=O)N(C(C)C)C3CCC3)c3c(C)noc3n2)c(C)o1. The van der Waals surface area contributed by atoms with Crippen molar-refractivity contribution < 1.29 is 13.7 Å². The number of aryl methyl sites for hydroxylation is 3. The molecule has 1 saturated carbocycles. The van der Waals surface area contributed by atoms with Crippen LogP contribution in [0.1, 0.15) is 60.7 Å². The van der Waals surface area contributed by atoms with Crippen molar-refractivity contribution in [2.45, 2.75) is 66.0 Å². The minimum atomic E-state index is 0.0209. The van der Waals surface area contributed by atoms with Gasteiger partial charge in [0.05, 0.1) is 22.3 Å². The number of hydrogen-bond acceptors (Lipinski definition) is 5. The molecule has 0 N–H and O–H groups in total. The average molecular weight is 367 g/mol. The third kappa shape index (κ3) is 2.93. The number of amides is 1. The van der Waals surface area contributed by atoms with Gasteiger partial charge in [0.25, 0.3) is 11.6 Å². The van der Waals surface area contributed by atoms with E-state index in [1.54, 1.807) is 0 Å². The van der Waals surface area contributed by atoms with E-state index in [4.69, 9.17) is 8.94 Å². The maximum absolute atomic E-state index is 13.6. The molecule has 3 aromatic rings. The van der Waals surface area contributed by atoms with E-state index >= 15 is 0 Å². The third-order valence-corrected chi connectivity index (χ3v) is 5.42. The van der Waals surface area contributed by atoms with E-state index in [0.29, 0.717) is 34.1 Å². The molecule has 3 aromatic heterocycles. The van der Waals surface area contributed by atoms with Gasteiger partial charge >= 0.3 is 0 Å². The fourth-order valence-electron chi connectivity index (χ4n) is 3.91. The van der Waals surface area contributed by atoms with E-state index in [2.05, 4.69) is 24.0 Å². The summed E-state index contributed by atoms with van der Waals surface area (Å²) in [6.07, 6.45) is 3.30. The Balaban J connectivity index is 1.89. The van der Waals surface area contributed by atoms with Crippen LogP contribution in [0.3, 0.4) is 0 Å². The summed E-state index contributed by atoms with van der Waals surface area (Å²) >= 11 is 0. The van der Waals surface area contributed by atoms with Crippen LogP contribution >= 0.6 is 0 Å². The number of pyridine rings is 1. The summed E-state index contributed by atoms with van der Waals surface area (Å²) in [4.78, 5) is 20.2. The standard InChI is InChI=1S/C21H25N3O3/c1-11(2)24(15-7-6-8-15)21(25)17-10-18(16-9-12(3)26-14(16)5)22-20-19(17)13(4)23-27-20/h9-11,15H,6-8H2,1-5H3. The van der Waals surface area contributed by atoms with Gasteiger partial charge in [0.15, 0.2) is 0 Å². The summed E-state index contributed by atoms with van der Waals surface area (Å²) < 4.78 is 11.1. The lowest BCUT2D eigenvalue weighted by Crippen LogP contribution is -2.48. The quantitative estimate of drug-likeness (QED) is 0.661. The maximum atomic E-state index is 13.6. The number of carbonyl (C=O) groups excluding carboxylic acids is 1. The first-order valence-corrected chi connectivity index (χ1v) is 9.54. The zero-order valence-corrected chi connectivity index (χ0v) is 16.5. The summed E-state index contributed by atoms with van der Waals surface area (Å²) in [5.74, 6) is 1.60. The summed E-state index contributed by atoms with van der Waals surface area (Å²) in [7, 11) is 0. The van der Waals surface area contributed by atoms with Gasteiger partial charge in [-0.2, -0.15) is 0 Å². The van der Waals surface area contributed by atoms with Crippen LogP contribution in [-0.2, 0) is 0 Å². The van der Waals surface area contributed by atoms with Gasteiger partial charge in [-0.25, -0.2) is 4.98 Å². The minimum absolute atomic E-state index is 0.0209. The van der Waals surface area contributed by atoms with E-state index in [1.165, 1.54) is 6.42 Å². The number of rotatable bonds is 4. The van der Waals surface area contributed by atoms with Crippen molar-refractivity contribution in [2.75, 3.05) is 0 Å². The molecule has 0 atom stereocenters. The molecule has 1 amide bonds. The van der Waals surface area contributed by atoms with Gasteiger partial charge < -0.3 is 13.8 Å². The topological polar surface area (TPSA) is 72.4 Å². The molecule has 0 unspecified atom stereocenters. The van der Waals surface area contributed by atoms with E-state index in [-0.39, 0.29) is 11.9 Å². The highest BCUT2D eigenvalue weighted by molar-refractivity contribution is 6.07. The highest BCUT2D eigenvalue weighted by Crippen LogP contribution is 2.33. The molecule has 1 aliphatic rings. The van der Waals surface area contributed by atoms with Crippen LogP contribution in [0.5, 0.6) is 0 Å². The Labute approximate surface area is 158 Å². The first-order valence-electron chi connectivity index (χ1n) is 9.54. The normalized spacial score (nSPS) is 14.7. The molecule has 0 bridgehead atoms. The van der Waals surface area contributed by atoms with Crippen molar-refractivity contribution in [3.8, 4) is 11.3 Å². The summed E-state index contributed by atoms with van der Waals surface area (Å²) in [5.41, 5.74) is 3.23. The van der Waals surface area contributed by atoms with Crippen molar-refractivity contribution in [2.24, 2.45) is 0 Å². The van der Waals surface area contributed by atoms with Crippen molar-refractivity contribution in [3.05, 3.63) is 34.9 Å². The van der Waals surface area contributed by atoms with Gasteiger partial charge in [-0.05, 0) is 66.0 Å². The molecule has 0 aliphatic heterocycles. The van der Waals surface area contributed by atoms with Gasteiger partial charge in [0.1, 0.15) is 11.5 Å². The van der Waals surface area contributed by atoms with E-state index in [9.17, 15) is 4.79 Å². The van der Waals surface area contributed by atoms with Crippen molar-refractivity contribution in [1.82, 2.24) is 15.0 Å². The summed E-state index contributed by atoms with van der Waals surface area (Å²) in [6.45, 7) is 9.78. The monoisotopic (exact) mass is 367 g/mol. The van der Waals surface area contributed by atoms with Gasteiger partial charge in [-0.15, -0.1) is 0 Å². The molecule has 27 heavy (non-hydrogen) atoms. The minimum Gasteiger partial charge on any atom is -0.466 e. The van der Waals surface area contributed by atoms with Crippen LogP contribution in [-0.4, -0.2) is 33.0 Å². The summed E-state index contributed by atoms with van der Waals surface area (Å²) in [5, 5.41) is 4.75. The predicted octanol–water partition coefficient (Wildman–Crippen LogP) is 4.81. The summed E-state index contributed by atoms with van der Waals surface area (Å²) in [6, 6.07) is 4.24. The first kappa shape index (κ1) is 17.8. The smallest absolute Gasteiger partial charge is 0.259 e. The molecule has 1 fully saturated rings. The molecule has 142 valence electrons. The molecule has 0 radical (unpaired) electrons. The molecule has 6 nitrogen and oxygen atoms in total. The van der Waals surface area contributed by atoms with E-state index in [1.807, 2.05) is 37.8 Å². The molecule has 4 rings (SSSR count). The molecule has 3 heterocycles. The van der Waals surface area contributed by atoms with Crippen LogP contribution in [0, 0.1) is 20.8 Å². The van der Waals surface area contributed by atoms with E-state index in [0.717, 1.165) is 29.9 Å². The second kappa shape index (κ2) is 6.51. The van der Waals surface area contributed by atoms with Crippen LogP contribution in [0.15, 0.2) is 21.1 Å². The molecule has 0 aromatic carbocycles. The van der Waals surface area contributed by atoms with Gasteiger partial charge in [-0.3, -0.25) is 4.79 Å². The van der Waals surface area contributed by atoms with E-state index < -0.39 is 0 Å². The number of nitrogens with zero attached hydrogens (tertiary/aromatic N) is 3. The molecular formula is C21H25N3O3. The van der Waals surface area contributed by atoms with Crippen molar-refractivity contribution >= 4 is 17.0 Å². The fraction of sp³-hybridized carbons (Fsp3) is 0.476. The first-order chi connectivity index (χ1) is 12.9. The van der Waals surface area contributed by atoms with Crippen LogP contribution in [0.2, 0.25) is 0 Å². The maximum Gasteiger partial charge on any atom is 0.259 e. The number of furan rings is 1. The Morgan fingerprint density at radius 3 is 2.52 bits per heavy atom. The Bertz CT molecular complexity index is 1010. The zero-order valence-electron chi connectivity index (χ0n) is 16.5. The molecule has 1 aliphatic carbocycles. The number of hydrogen-bond donors (Lipinski definition) is 0. The molecule has 6 heteroatoms. The fourth-order valence-corrected chi connectivity index (χ4v) is 3.91. The van der Waals surface area contributed by atoms with Crippen LogP contribution in [0.25, 0.3) is 22.4 Å². The second-order valence-corrected chi connectivity index (χ2v) is 7.72. The highest BCUT2D eigenvalue weighted by atomic mass is 16.5. The Morgan fingerprint density at radius 1 is 1.22 bits per heavy atom. The van der Waals surface area contributed by atoms with Crippen LogP contribution < -0.4 is 0 Å². The van der Waals surface area contributed by atoms with Gasteiger partial charge in [0.2, 0.25) is 0 Å². The van der Waals surface area contributed by atoms with Crippen molar-refractivity contribution in [3.63, 3.8) is 0 Å². The van der Waals surface area contributed by atoms with Gasteiger partial charge in [0, 0.05) is 17.6 Å². The lowest BCUT2D eigenvalue weighted by Gasteiger charge is -2.40. The Hall–Kier alpha value is -2.63.